The SMILES string of the molecule is COCC(C)(/C=N/OC)NC(=O)C(Oc1ccc2ncc(Br)cc2c1)SC. The largest absolute Gasteiger partial charge is 0.470 e. The molecule has 2 aromatic rings. The van der Waals surface area contributed by atoms with E-state index in [-0.39, 0.29) is 12.5 Å². The van der Waals surface area contributed by atoms with Crippen LogP contribution in [0.5, 0.6) is 5.75 Å². The summed E-state index contributed by atoms with van der Waals surface area (Å²) in [6.07, 6.45) is 5.03. The quantitative estimate of drug-likeness (QED) is 0.355. The second-order valence-electron chi connectivity index (χ2n) is 5.95. The van der Waals surface area contributed by atoms with Crippen LogP contribution in [0.1, 0.15) is 6.92 Å². The smallest absolute Gasteiger partial charge is 0.272 e. The summed E-state index contributed by atoms with van der Waals surface area (Å²) in [5.74, 6) is 0.285. The lowest BCUT2D eigenvalue weighted by Crippen LogP contribution is -2.54. The van der Waals surface area contributed by atoms with Crippen molar-refractivity contribution in [3.63, 3.8) is 0 Å². The van der Waals surface area contributed by atoms with Crippen LogP contribution in [0.15, 0.2) is 40.1 Å². The number of pyridine rings is 1. The zero-order valence-corrected chi connectivity index (χ0v) is 18.0. The molecule has 1 aromatic heterocycles. The monoisotopic (exact) mass is 455 g/mol. The molecule has 0 radical (unpaired) electrons. The first-order chi connectivity index (χ1) is 12.9. The number of hydrogen-bond acceptors (Lipinski definition) is 7. The number of rotatable bonds is 9. The van der Waals surface area contributed by atoms with Crippen LogP contribution in [0.3, 0.4) is 0 Å². The third-order valence-electron chi connectivity index (χ3n) is 3.59. The molecule has 27 heavy (non-hydrogen) atoms. The van der Waals surface area contributed by atoms with Gasteiger partial charge in [-0.1, -0.05) is 5.16 Å². The van der Waals surface area contributed by atoms with Crippen molar-refractivity contribution in [2.45, 2.75) is 17.9 Å². The Hall–Kier alpha value is -1.84. The van der Waals surface area contributed by atoms with Crippen molar-refractivity contribution in [1.82, 2.24) is 10.3 Å². The minimum Gasteiger partial charge on any atom is -0.470 e. The van der Waals surface area contributed by atoms with Crippen molar-refractivity contribution in [3.8, 4) is 5.75 Å². The van der Waals surface area contributed by atoms with Crippen LogP contribution in [0.25, 0.3) is 10.9 Å². The molecule has 2 atom stereocenters. The highest BCUT2D eigenvalue weighted by atomic mass is 79.9. The molecule has 1 heterocycles. The van der Waals surface area contributed by atoms with E-state index in [9.17, 15) is 4.79 Å². The standard InChI is InChI=1S/C18H22BrN3O4S/c1-18(11-24-2,10-21-25-3)22-16(23)17(27-4)26-14-5-6-15-12(8-14)7-13(19)9-20-15/h5-10,17H,11H2,1-4H3,(H,22,23)/b21-10+. The van der Waals surface area contributed by atoms with E-state index < -0.39 is 11.0 Å². The van der Waals surface area contributed by atoms with Gasteiger partial charge in [0.1, 0.15) is 12.9 Å². The summed E-state index contributed by atoms with van der Waals surface area (Å²) in [5, 5.41) is 7.55. The second kappa shape index (κ2) is 9.91. The zero-order valence-electron chi connectivity index (χ0n) is 15.6. The van der Waals surface area contributed by atoms with Gasteiger partial charge in [-0.05, 0) is 53.4 Å². The van der Waals surface area contributed by atoms with Gasteiger partial charge in [-0.15, -0.1) is 11.8 Å². The van der Waals surface area contributed by atoms with E-state index in [2.05, 4.69) is 31.4 Å². The highest BCUT2D eigenvalue weighted by molar-refractivity contribution is 9.10. The number of nitrogens with zero attached hydrogens (tertiary/aromatic N) is 2. The summed E-state index contributed by atoms with van der Waals surface area (Å²) >= 11 is 4.70. The maximum atomic E-state index is 12.7. The number of thioether (sulfide) groups is 1. The third-order valence-corrected chi connectivity index (χ3v) is 4.76. The summed E-state index contributed by atoms with van der Waals surface area (Å²) in [5.41, 5.74) is -0.717. The number of hydrogen-bond donors (Lipinski definition) is 1. The van der Waals surface area contributed by atoms with E-state index in [1.807, 2.05) is 18.2 Å². The highest BCUT2D eigenvalue weighted by Gasteiger charge is 2.29. The summed E-state index contributed by atoms with van der Waals surface area (Å²) in [6, 6.07) is 7.44. The molecule has 0 spiro atoms. The van der Waals surface area contributed by atoms with Crippen LogP contribution >= 0.6 is 27.7 Å². The highest BCUT2D eigenvalue weighted by Crippen LogP contribution is 2.24. The Morgan fingerprint density at radius 1 is 1.44 bits per heavy atom. The first-order valence-electron chi connectivity index (χ1n) is 8.04. The fourth-order valence-corrected chi connectivity index (χ4v) is 3.23. The molecule has 0 bridgehead atoms. The van der Waals surface area contributed by atoms with Crippen molar-refractivity contribution in [1.29, 1.82) is 0 Å². The van der Waals surface area contributed by atoms with Gasteiger partial charge < -0.3 is 19.6 Å². The number of amides is 1. The molecule has 2 rings (SSSR count). The van der Waals surface area contributed by atoms with Crippen molar-refractivity contribution in [3.05, 3.63) is 34.9 Å². The number of oxime groups is 1. The molecule has 1 amide bonds. The van der Waals surface area contributed by atoms with Crippen LogP contribution in [0.2, 0.25) is 0 Å². The van der Waals surface area contributed by atoms with Gasteiger partial charge >= 0.3 is 0 Å². The molecule has 2 unspecified atom stereocenters. The van der Waals surface area contributed by atoms with Gasteiger partial charge in [-0.3, -0.25) is 9.78 Å². The Kier molecular flexibility index (Phi) is 7.88. The van der Waals surface area contributed by atoms with Crippen LogP contribution < -0.4 is 10.1 Å². The molecule has 0 aliphatic carbocycles. The fourth-order valence-electron chi connectivity index (χ4n) is 2.40. The third kappa shape index (κ3) is 6.08. The predicted octanol–water partition coefficient (Wildman–Crippen LogP) is 3.22. The number of halogens is 1. The number of fused-ring (bicyclic) bond motifs is 1. The molecule has 7 nitrogen and oxygen atoms in total. The number of nitrogens with one attached hydrogen (secondary N) is 1. The number of carbonyl (C=O) groups excluding carboxylic acids is 1. The van der Waals surface area contributed by atoms with Gasteiger partial charge in [0.2, 0.25) is 5.44 Å². The average Bonchev–Trinajstić information content (AvgIpc) is 2.64. The maximum absolute atomic E-state index is 12.7. The van der Waals surface area contributed by atoms with Gasteiger partial charge in [-0.2, -0.15) is 0 Å². The van der Waals surface area contributed by atoms with Crippen LogP contribution in [-0.2, 0) is 14.4 Å². The molecular weight excluding hydrogens is 434 g/mol. The first-order valence-corrected chi connectivity index (χ1v) is 10.1. The molecule has 0 aliphatic rings. The number of carbonyl (C=O) groups is 1. The van der Waals surface area contributed by atoms with Crippen molar-refractivity contribution in [2.24, 2.45) is 5.16 Å². The maximum Gasteiger partial charge on any atom is 0.272 e. The fraction of sp³-hybridized carbons (Fsp3) is 0.389. The summed E-state index contributed by atoms with van der Waals surface area (Å²) < 4.78 is 11.9. The molecule has 0 aliphatic heterocycles. The van der Waals surface area contributed by atoms with E-state index >= 15 is 0 Å². The van der Waals surface area contributed by atoms with E-state index in [4.69, 9.17) is 14.3 Å². The van der Waals surface area contributed by atoms with Crippen LogP contribution in [0.4, 0.5) is 0 Å². The lowest BCUT2D eigenvalue weighted by atomic mass is 10.1. The first kappa shape index (κ1) is 21.5. The second-order valence-corrected chi connectivity index (χ2v) is 7.77. The molecule has 146 valence electrons. The van der Waals surface area contributed by atoms with E-state index in [1.54, 1.807) is 32.6 Å². The zero-order chi connectivity index (χ0) is 19.9. The Morgan fingerprint density at radius 3 is 2.89 bits per heavy atom. The molecule has 1 N–H and O–H groups in total. The van der Waals surface area contributed by atoms with E-state index in [1.165, 1.54) is 25.1 Å². The van der Waals surface area contributed by atoms with E-state index in [0.717, 1.165) is 15.4 Å². The summed E-state index contributed by atoms with van der Waals surface area (Å²) in [4.78, 5) is 21.8. The van der Waals surface area contributed by atoms with Gasteiger partial charge in [0.05, 0.1) is 23.9 Å². The topological polar surface area (TPSA) is 82.0 Å². The minimum atomic E-state index is -0.822. The normalized spacial score (nSPS) is 14.7. The lowest BCUT2D eigenvalue weighted by molar-refractivity contribution is -0.126. The molecular formula is C18H22BrN3O4S. The Labute approximate surface area is 171 Å². The van der Waals surface area contributed by atoms with E-state index in [0.29, 0.717) is 5.75 Å². The lowest BCUT2D eigenvalue weighted by Gasteiger charge is -2.27. The Balaban J connectivity index is 2.15. The number of aromatic nitrogens is 1. The molecule has 1 aromatic carbocycles. The van der Waals surface area contributed by atoms with Gasteiger partial charge in [0.25, 0.3) is 5.91 Å². The van der Waals surface area contributed by atoms with Crippen molar-refractivity contribution in [2.75, 3.05) is 27.1 Å². The van der Waals surface area contributed by atoms with Crippen LogP contribution in [0, 0.1) is 0 Å². The van der Waals surface area contributed by atoms with Gasteiger partial charge in [0, 0.05) is 23.2 Å². The van der Waals surface area contributed by atoms with Crippen molar-refractivity contribution < 1.29 is 19.1 Å². The summed E-state index contributed by atoms with van der Waals surface area (Å²) in [6.45, 7) is 2.02. The number of methoxy groups -OCH3 is 1. The van der Waals surface area contributed by atoms with Gasteiger partial charge in [0.15, 0.2) is 0 Å². The van der Waals surface area contributed by atoms with Crippen molar-refractivity contribution >= 4 is 50.7 Å². The average molecular weight is 456 g/mol. The molecule has 0 fully saturated rings. The number of benzene rings is 1. The number of ether oxygens (including phenoxy) is 2. The summed E-state index contributed by atoms with van der Waals surface area (Å²) in [7, 11) is 2.99. The molecule has 9 heteroatoms. The molecule has 0 saturated carbocycles. The predicted molar refractivity (Wildman–Crippen MR) is 111 cm³/mol. The van der Waals surface area contributed by atoms with Gasteiger partial charge in [-0.25, -0.2) is 0 Å². The van der Waals surface area contributed by atoms with Crippen LogP contribution in [-0.4, -0.2) is 55.2 Å². The Bertz CT molecular complexity index is 820. The Morgan fingerprint density at radius 2 is 2.22 bits per heavy atom. The minimum absolute atomic E-state index is 0.238. The molecule has 0 saturated heterocycles.